The van der Waals surface area contributed by atoms with E-state index in [0.29, 0.717) is 13.0 Å². The molecule has 0 N–H and O–H groups in total. The standard InChI is InChI=1S/C27H24O4/c1-3-26(28)30-17-16-20-8-12-22(13-9-20)24-6-5-7-25(18-24)23-14-10-21(11-15-23)19-31-27(29)4-2/h3-15,18H,1-2,16-17,19H2. The molecule has 0 heterocycles. The molecule has 4 heteroatoms. The van der Waals surface area contributed by atoms with Gasteiger partial charge < -0.3 is 9.47 Å². The van der Waals surface area contributed by atoms with E-state index in [4.69, 9.17) is 9.47 Å². The molecule has 0 unspecified atom stereocenters. The van der Waals surface area contributed by atoms with Crippen molar-refractivity contribution in [1.29, 1.82) is 0 Å². The summed E-state index contributed by atoms with van der Waals surface area (Å²) in [5, 5.41) is 0. The Morgan fingerprint density at radius 3 is 1.74 bits per heavy atom. The van der Waals surface area contributed by atoms with Crippen molar-refractivity contribution in [3.05, 3.63) is 109 Å². The quantitative estimate of drug-likeness (QED) is 0.343. The largest absolute Gasteiger partial charge is 0.462 e. The lowest BCUT2D eigenvalue weighted by molar-refractivity contribution is -0.139. The van der Waals surface area contributed by atoms with Gasteiger partial charge in [-0.2, -0.15) is 0 Å². The van der Waals surface area contributed by atoms with Gasteiger partial charge in [0, 0.05) is 18.6 Å². The van der Waals surface area contributed by atoms with Crippen LogP contribution in [0.25, 0.3) is 22.3 Å². The maximum Gasteiger partial charge on any atom is 0.330 e. The molecular formula is C27H24O4. The van der Waals surface area contributed by atoms with Crippen LogP contribution >= 0.6 is 0 Å². The van der Waals surface area contributed by atoms with Crippen LogP contribution in [-0.2, 0) is 32.1 Å². The van der Waals surface area contributed by atoms with Gasteiger partial charge in [0.2, 0.25) is 0 Å². The Morgan fingerprint density at radius 1 is 0.677 bits per heavy atom. The SMILES string of the molecule is C=CC(=O)OCCc1ccc(-c2cccc(-c3ccc(COC(=O)C=C)cc3)c2)cc1. The fourth-order valence-electron chi connectivity index (χ4n) is 3.08. The number of hydrogen-bond donors (Lipinski definition) is 0. The Kier molecular flexibility index (Phi) is 7.55. The number of benzene rings is 3. The zero-order chi connectivity index (χ0) is 22.1. The van der Waals surface area contributed by atoms with E-state index in [9.17, 15) is 9.59 Å². The van der Waals surface area contributed by atoms with Crippen LogP contribution < -0.4 is 0 Å². The van der Waals surface area contributed by atoms with Crippen LogP contribution in [0.3, 0.4) is 0 Å². The van der Waals surface area contributed by atoms with Gasteiger partial charge in [0.15, 0.2) is 0 Å². The predicted octanol–water partition coefficient (Wildman–Crippen LogP) is 5.52. The number of carbonyl (C=O) groups is 2. The van der Waals surface area contributed by atoms with Crippen LogP contribution in [0.2, 0.25) is 0 Å². The van der Waals surface area contributed by atoms with Crippen molar-refractivity contribution >= 4 is 11.9 Å². The molecule has 156 valence electrons. The van der Waals surface area contributed by atoms with E-state index in [0.717, 1.165) is 39.5 Å². The summed E-state index contributed by atoms with van der Waals surface area (Å²) >= 11 is 0. The summed E-state index contributed by atoms with van der Waals surface area (Å²) in [6.45, 7) is 7.34. The van der Waals surface area contributed by atoms with Crippen molar-refractivity contribution < 1.29 is 19.1 Å². The van der Waals surface area contributed by atoms with E-state index in [-0.39, 0.29) is 6.61 Å². The molecule has 0 amide bonds. The van der Waals surface area contributed by atoms with E-state index < -0.39 is 11.9 Å². The normalized spacial score (nSPS) is 10.2. The van der Waals surface area contributed by atoms with Crippen LogP contribution in [0.1, 0.15) is 11.1 Å². The third-order valence-electron chi connectivity index (χ3n) is 4.79. The van der Waals surface area contributed by atoms with Gasteiger partial charge in [-0.1, -0.05) is 79.9 Å². The monoisotopic (exact) mass is 412 g/mol. The number of hydrogen-bond acceptors (Lipinski definition) is 4. The molecule has 0 fully saturated rings. The summed E-state index contributed by atoms with van der Waals surface area (Å²) in [6, 6.07) is 24.5. The fourth-order valence-corrected chi connectivity index (χ4v) is 3.08. The van der Waals surface area contributed by atoms with Crippen molar-refractivity contribution in [2.45, 2.75) is 13.0 Å². The summed E-state index contributed by atoms with van der Waals surface area (Å²) in [6.07, 6.45) is 2.99. The molecule has 0 aliphatic carbocycles. The fraction of sp³-hybridized carbons (Fsp3) is 0.111. The average molecular weight is 412 g/mol. The molecule has 0 atom stereocenters. The van der Waals surface area contributed by atoms with E-state index in [2.05, 4.69) is 43.5 Å². The van der Waals surface area contributed by atoms with Gasteiger partial charge >= 0.3 is 11.9 Å². The van der Waals surface area contributed by atoms with Gasteiger partial charge in [0.1, 0.15) is 6.61 Å². The first kappa shape index (κ1) is 21.8. The molecule has 31 heavy (non-hydrogen) atoms. The third kappa shape index (κ3) is 6.28. The Labute approximate surface area is 182 Å². The highest BCUT2D eigenvalue weighted by molar-refractivity contribution is 5.81. The number of esters is 2. The summed E-state index contributed by atoms with van der Waals surface area (Å²) in [4.78, 5) is 22.3. The first-order chi connectivity index (χ1) is 15.1. The molecule has 0 aliphatic heterocycles. The topological polar surface area (TPSA) is 52.6 Å². The summed E-state index contributed by atoms with van der Waals surface area (Å²) in [5.74, 6) is -0.833. The van der Waals surface area contributed by atoms with Crippen LogP contribution in [0, 0.1) is 0 Å². The van der Waals surface area contributed by atoms with E-state index in [1.165, 1.54) is 6.08 Å². The van der Waals surface area contributed by atoms with Crippen molar-refractivity contribution in [2.24, 2.45) is 0 Å². The predicted molar refractivity (Wildman–Crippen MR) is 122 cm³/mol. The Hall–Kier alpha value is -3.92. The molecule has 3 aromatic rings. The molecular weight excluding hydrogens is 388 g/mol. The number of carbonyl (C=O) groups excluding carboxylic acids is 2. The zero-order valence-corrected chi connectivity index (χ0v) is 17.3. The molecule has 3 aromatic carbocycles. The van der Waals surface area contributed by atoms with Crippen LogP contribution in [0.15, 0.2) is 98.1 Å². The van der Waals surface area contributed by atoms with Gasteiger partial charge in [0.25, 0.3) is 0 Å². The van der Waals surface area contributed by atoms with Gasteiger partial charge in [-0.3, -0.25) is 0 Å². The zero-order valence-electron chi connectivity index (χ0n) is 17.3. The van der Waals surface area contributed by atoms with Gasteiger partial charge in [0.05, 0.1) is 6.61 Å². The Morgan fingerprint density at radius 2 is 1.19 bits per heavy atom. The molecule has 0 bridgehead atoms. The molecule has 0 spiro atoms. The molecule has 0 aliphatic rings. The maximum absolute atomic E-state index is 11.2. The minimum absolute atomic E-state index is 0.226. The highest BCUT2D eigenvalue weighted by Gasteiger charge is 2.04. The Bertz CT molecular complexity index is 1060. The van der Waals surface area contributed by atoms with Crippen LogP contribution in [0.5, 0.6) is 0 Å². The minimum atomic E-state index is -0.430. The van der Waals surface area contributed by atoms with Gasteiger partial charge in [-0.05, 0) is 39.4 Å². The summed E-state index contributed by atoms with van der Waals surface area (Å²) in [5.41, 5.74) is 6.44. The number of rotatable bonds is 9. The number of ether oxygens (including phenoxy) is 2. The average Bonchev–Trinajstić information content (AvgIpc) is 2.83. The molecule has 4 nitrogen and oxygen atoms in total. The van der Waals surface area contributed by atoms with E-state index in [1.807, 2.05) is 42.5 Å². The third-order valence-corrected chi connectivity index (χ3v) is 4.79. The lowest BCUT2D eigenvalue weighted by atomic mass is 9.97. The molecule has 0 saturated heterocycles. The van der Waals surface area contributed by atoms with E-state index >= 15 is 0 Å². The second-order valence-electron chi connectivity index (χ2n) is 6.91. The maximum atomic E-state index is 11.2. The highest BCUT2D eigenvalue weighted by atomic mass is 16.5. The summed E-state index contributed by atoms with van der Waals surface area (Å²) in [7, 11) is 0. The lowest BCUT2D eigenvalue weighted by Gasteiger charge is -2.09. The molecule has 0 saturated carbocycles. The smallest absolute Gasteiger partial charge is 0.330 e. The highest BCUT2D eigenvalue weighted by Crippen LogP contribution is 2.27. The van der Waals surface area contributed by atoms with Crippen LogP contribution in [-0.4, -0.2) is 18.5 Å². The summed E-state index contributed by atoms with van der Waals surface area (Å²) < 4.78 is 10.1. The van der Waals surface area contributed by atoms with E-state index in [1.54, 1.807) is 0 Å². The van der Waals surface area contributed by atoms with Crippen LogP contribution in [0.4, 0.5) is 0 Å². The van der Waals surface area contributed by atoms with Gasteiger partial charge in [-0.25, -0.2) is 9.59 Å². The van der Waals surface area contributed by atoms with Crippen molar-refractivity contribution in [1.82, 2.24) is 0 Å². The van der Waals surface area contributed by atoms with Gasteiger partial charge in [-0.15, -0.1) is 0 Å². The lowest BCUT2D eigenvalue weighted by Crippen LogP contribution is -2.04. The first-order valence-electron chi connectivity index (χ1n) is 9.96. The Balaban J connectivity index is 1.67. The van der Waals surface area contributed by atoms with Crippen molar-refractivity contribution in [3.63, 3.8) is 0 Å². The molecule has 3 rings (SSSR count). The first-order valence-corrected chi connectivity index (χ1v) is 9.96. The van der Waals surface area contributed by atoms with Crippen molar-refractivity contribution in [3.8, 4) is 22.3 Å². The molecule has 0 aromatic heterocycles. The minimum Gasteiger partial charge on any atom is -0.462 e. The molecule has 0 radical (unpaired) electrons. The second kappa shape index (κ2) is 10.7. The second-order valence-corrected chi connectivity index (χ2v) is 6.91. The van der Waals surface area contributed by atoms with Crippen molar-refractivity contribution in [2.75, 3.05) is 6.61 Å².